The van der Waals surface area contributed by atoms with Crippen LogP contribution >= 0.6 is 0 Å². The van der Waals surface area contributed by atoms with Crippen LogP contribution in [0, 0.1) is 5.92 Å². The van der Waals surface area contributed by atoms with Gasteiger partial charge in [-0.25, -0.2) is 0 Å². The zero-order valence-electron chi connectivity index (χ0n) is 9.93. The Hall–Kier alpha value is -1.36. The maximum Gasteiger partial charge on any atom is 0.234 e. The first-order chi connectivity index (χ1) is 8.42. The Morgan fingerprint density at radius 1 is 1.29 bits per heavy atom. The maximum atomic E-state index is 5.65. The number of hydrogen-bond donors (Lipinski definition) is 1. The summed E-state index contributed by atoms with van der Waals surface area (Å²) in [7, 11) is 0. The number of aromatic nitrogens is 2. The summed E-state index contributed by atoms with van der Waals surface area (Å²) in [6.07, 6.45) is 6.11. The highest BCUT2D eigenvalue weighted by atomic mass is 16.5. The average molecular weight is 234 g/mol. The quantitative estimate of drug-likeness (QED) is 0.830. The van der Waals surface area contributed by atoms with E-state index in [-0.39, 0.29) is 0 Å². The van der Waals surface area contributed by atoms with E-state index in [1.807, 2.05) is 6.20 Å². The van der Waals surface area contributed by atoms with Crippen LogP contribution in [0.25, 0.3) is 0 Å². The predicted molar refractivity (Wildman–Crippen MR) is 65.3 cm³/mol. The molecule has 2 aliphatic rings. The standard InChI is InChI=1S/C12H18N4O/c1-2-10(1)9-17-12-8-14-7-11(15-12)16-5-3-13-4-6-16/h7-8,10,13H,1-6,9H2. The van der Waals surface area contributed by atoms with Gasteiger partial charge in [-0.3, -0.25) is 4.98 Å². The number of anilines is 1. The molecule has 1 aromatic rings. The average Bonchev–Trinajstić information content (AvgIpc) is 3.22. The second kappa shape index (κ2) is 4.87. The molecule has 1 saturated heterocycles. The smallest absolute Gasteiger partial charge is 0.234 e. The molecule has 0 radical (unpaired) electrons. The molecule has 0 amide bonds. The minimum absolute atomic E-state index is 0.660. The van der Waals surface area contributed by atoms with Crippen LogP contribution in [0.5, 0.6) is 5.88 Å². The van der Waals surface area contributed by atoms with Crippen molar-refractivity contribution in [3.63, 3.8) is 0 Å². The number of hydrogen-bond acceptors (Lipinski definition) is 5. The molecule has 92 valence electrons. The minimum atomic E-state index is 0.660. The summed E-state index contributed by atoms with van der Waals surface area (Å²) >= 11 is 0. The van der Waals surface area contributed by atoms with Crippen molar-refractivity contribution in [3.05, 3.63) is 12.4 Å². The molecule has 1 N–H and O–H groups in total. The third-order valence-corrected chi connectivity index (χ3v) is 3.20. The fraction of sp³-hybridized carbons (Fsp3) is 0.667. The molecule has 2 fully saturated rings. The van der Waals surface area contributed by atoms with Gasteiger partial charge in [0.15, 0.2) is 5.82 Å². The molecule has 17 heavy (non-hydrogen) atoms. The van der Waals surface area contributed by atoms with Gasteiger partial charge in [-0.1, -0.05) is 0 Å². The summed E-state index contributed by atoms with van der Waals surface area (Å²) in [5.41, 5.74) is 0. The number of nitrogens with one attached hydrogen (secondary N) is 1. The van der Waals surface area contributed by atoms with Crippen LogP contribution in [0.2, 0.25) is 0 Å². The third-order valence-electron chi connectivity index (χ3n) is 3.20. The van der Waals surface area contributed by atoms with Gasteiger partial charge in [-0.05, 0) is 18.8 Å². The molecule has 0 unspecified atom stereocenters. The first kappa shape index (κ1) is 10.8. The maximum absolute atomic E-state index is 5.65. The topological polar surface area (TPSA) is 50.3 Å². The van der Waals surface area contributed by atoms with E-state index in [4.69, 9.17) is 4.74 Å². The van der Waals surface area contributed by atoms with Gasteiger partial charge in [-0.15, -0.1) is 0 Å². The number of rotatable bonds is 4. The van der Waals surface area contributed by atoms with Crippen LogP contribution in [0.1, 0.15) is 12.8 Å². The number of nitrogens with zero attached hydrogens (tertiary/aromatic N) is 3. The van der Waals surface area contributed by atoms with Crippen molar-refractivity contribution in [1.29, 1.82) is 0 Å². The zero-order chi connectivity index (χ0) is 11.5. The van der Waals surface area contributed by atoms with E-state index in [1.165, 1.54) is 12.8 Å². The molecule has 1 saturated carbocycles. The highest BCUT2D eigenvalue weighted by Crippen LogP contribution is 2.29. The lowest BCUT2D eigenvalue weighted by atomic mass is 10.3. The monoisotopic (exact) mass is 234 g/mol. The Morgan fingerprint density at radius 2 is 2.12 bits per heavy atom. The fourth-order valence-corrected chi connectivity index (χ4v) is 1.94. The lowest BCUT2D eigenvalue weighted by Crippen LogP contribution is -2.43. The van der Waals surface area contributed by atoms with Crippen LogP contribution < -0.4 is 15.0 Å². The van der Waals surface area contributed by atoms with E-state index in [0.717, 1.165) is 44.5 Å². The molecule has 0 bridgehead atoms. The summed E-state index contributed by atoms with van der Waals surface area (Å²) in [4.78, 5) is 11.0. The second-order valence-corrected chi connectivity index (χ2v) is 4.71. The van der Waals surface area contributed by atoms with Gasteiger partial charge in [0.05, 0.1) is 19.0 Å². The molecular weight excluding hydrogens is 216 g/mol. The number of piperazine rings is 1. The first-order valence-electron chi connectivity index (χ1n) is 6.32. The fourth-order valence-electron chi connectivity index (χ4n) is 1.94. The van der Waals surface area contributed by atoms with E-state index < -0.39 is 0 Å². The summed E-state index contributed by atoms with van der Waals surface area (Å²) in [6.45, 7) is 4.78. The Balaban J connectivity index is 1.64. The van der Waals surface area contributed by atoms with Crippen molar-refractivity contribution in [1.82, 2.24) is 15.3 Å². The van der Waals surface area contributed by atoms with E-state index in [0.29, 0.717) is 5.88 Å². The molecule has 3 rings (SSSR count). The van der Waals surface area contributed by atoms with E-state index in [2.05, 4.69) is 20.2 Å². The minimum Gasteiger partial charge on any atom is -0.476 e. The van der Waals surface area contributed by atoms with E-state index >= 15 is 0 Å². The van der Waals surface area contributed by atoms with E-state index in [1.54, 1.807) is 6.20 Å². The molecule has 1 aliphatic heterocycles. The zero-order valence-corrected chi connectivity index (χ0v) is 9.93. The molecule has 2 heterocycles. The molecule has 5 nitrogen and oxygen atoms in total. The Kier molecular flexibility index (Phi) is 3.09. The summed E-state index contributed by atoms with van der Waals surface area (Å²) < 4.78 is 5.65. The Morgan fingerprint density at radius 3 is 2.88 bits per heavy atom. The number of ether oxygens (including phenoxy) is 1. The molecular formula is C12H18N4O. The Bertz CT molecular complexity index is 375. The van der Waals surface area contributed by atoms with Crippen molar-refractivity contribution in [2.75, 3.05) is 37.7 Å². The molecule has 1 aromatic heterocycles. The predicted octanol–water partition coefficient (Wildman–Crippen LogP) is 0.675. The highest BCUT2D eigenvalue weighted by Gasteiger charge is 2.22. The van der Waals surface area contributed by atoms with Gasteiger partial charge < -0.3 is 15.0 Å². The van der Waals surface area contributed by atoms with Gasteiger partial charge in [0.2, 0.25) is 5.88 Å². The lowest BCUT2D eigenvalue weighted by Gasteiger charge is -2.28. The van der Waals surface area contributed by atoms with Crippen molar-refractivity contribution in [3.8, 4) is 5.88 Å². The van der Waals surface area contributed by atoms with Crippen molar-refractivity contribution in [2.45, 2.75) is 12.8 Å². The normalized spacial score (nSPS) is 20.4. The van der Waals surface area contributed by atoms with Crippen molar-refractivity contribution < 1.29 is 4.74 Å². The largest absolute Gasteiger partial charge is 0.476 e. The summed E-state index contributed by atoms with van der Waals surface area (Å²) in [6, 6.07) is 0. The van der Waals surface area contributed by atoms with Crippen LogP contribution in [-0.4, -0.2) is 42.8 Å². The highest BCUT2D eigenvalue weighted by molar-refractivity contribution is 5.38. The summed E-state index contributed by atoms with van der Waals surface area (Å²) in [5, 5.41) is 3.33. The van der Waals surface area contributed by atoms with Gasteiger partial charge >= 0.3 is 0 Å². The van der Waals surface area contributed by atoms with Gasteiger partial charge in [-0.2, -0.15) is 4.98 Å². The summed E-state index contributed by atoms with van der Waals surface area (Å²) in [5.74, 6) is 2.34. The Labute approximate surface area is 101 Å². The molecule has 5 heteroatoms. The molecule has 0 spiro atoms. The van der Waals surface area contributed by atoms with Crippen molar-refractivity contribution >= 4 is 5.82 Å². The lowest BCUT2D eigenvalue weighted by molar-refractivity contribution is 0.287. The van der Waals surface area contributed by atoms with Crippen LogP contribution in [0.15, 0.2) is 12.4 Å². The van der Waals surface area contributed by atoms with Crippen LogP contribution in [0.4, 0.5) is 5.82 Å². The van der Waals surface area contributed by atoms with Crippen molar-refractivity contribution in [2.24, 2.45) is 5.92 Å². The van der Waals surface area contributed by atoms with E-state index in [9.17, 15) is 0 Å². The first-order valence-corrected chi connectivity index (χ1v) is 6.32. The molecule has 1 aliphatic carbocycles. The van der Waals surface area contributed by atoms with Gasteiger partial charge in [0.25, 0.3) is 0 Å². The molecule has 0 atom stereocenters. The molecule has 0 aromatic carbocycles. The van der Waals surface area contributed by atoms with Crippen LogP contribution in [-0.2, 0) is 0 Å². The second-order valence-electron chi connectivity index (χ2n) is 4.71. The van der Waals surface area contributed by atoms with Crippen LogP contribution in [0.3, 0.4) is 0 Å². The van der Waals surface area contributed by atoms with Gasteiger partial charge in [0, 0.05) is 26.2 Å². The third kappa shape index (κ3) is 2.85. The van der Waals surface area contributed by atoms with Gasteiger partial charge in [0.1, 0.15) is 0 Å². The SMILES string of the molecule is c1ncc(N2CCNCC2)nc1OCC1CC1.